The van der Waals surface area contributed by atoms with E-state index < -0.39 is 0 Å². The molecule has 0 radical (unpaired) electrons. The molecule has 1 fully saturated rings. The predicted molar refractivity (Wildman–Crippen MR) is 78.5 cm³/mol. The van der Waals surface area contributed by atoms with Gasteiger partial charge in [-0.15, -0.1) is 0 Å². The second-order valence-electron chi connectivity index (χ2n) is 5.25. The summed E-state index contributed by atoms with van der Waals surface area (Å²) in [7, 11) is 1.82. The number of carbonyl (C=O) groups is 1. The molecule has 110 valence electrons. The molecule has 0 spiro atoms. The first-order valence-corrected chi connectivity index (χ1v) is 7.21. The van der Waals surface area contributed by atoms with E-state index in [9.17, 15) is 4.79 Å². The van der Waals surface area contributed by atoms with Gasteiger partial charge in [0.05, 0.1) is 6.54 Å². The number of rotatable bonds is 8. The molecule has 0 saturated heterocycles. The summed E-state index contributed by atoms with van der Waals surface area (Å²) in [6.45, 7) is 3.83. The minimum absolute atomic E-state index is 0.00238. The lowest BCUT2D eigenvalue weighted by Gasteiger charge is -2.16. The highest BCUT2D eigenvalue weighted by atomic mass is 16.2. The summed E-state index contributed by atoms with van der Waals surface area (Å²) in [5.41, 5.74) is 1.07. The van der Waals surface area contributed by atoms with Crippen molar-refractivity contribution in [1.29, 1.82) is 0 Å². The Balaban J connectivity index is 1.79. The summed E-state index contributed by atoms with van der Waals surface area (Å²) in [6, 6.07) is 0.680. The topological polar surface area (TPSA) is 70.2 Å². The number of likely N-dealkylation sites (N-methyl/N-ethyl adjacent to an activating group) is 1. The van der Waals surface area contributed by atoms with E-state index in [0.717, 1.165) is 18.5 Å². The second kappa shape index (κ2) is 7.19. The lowest BCUT2D eigenvalue weighted by atomic mass is 10.3. The lowest BCUT2D eigenvalue weighted by Crippen LogP contribution is -2.36. The van der Waals surface area contributed by atoms with Crippen LogP contribution in [0.15, 0.2) is 12.4 Å². The third kappa shape index (κ3) is 4.77. The molecule has 0 aliphatic heterocycles. The highest BCUT2D eigenvalue weighted by Gasteiger charge is 2.20. The van der Waals surface area contributed by atoms with Gasteiger partial charge in [-0.05, 0) is 19.3 Å². The van der Waals surface area contributed by atoms with Gasteiger partial charge in [-0.2, -0.15) is 0 Å². The van der Waals surface area contributed by atoms with Crippen molar-refractivity contribution in [3.05, 3.63) is 18.0 Å². The Morgan fingerprint density at radius 2 is 2.10 bits per heavy atom. The number of nitrogens with zero attached hydrogens (tertiary/aromatic N) is 3. The molecule has 0 aromatic carbocycles. The highest BCUT2D eigenvalue weighted by Crippen LogP contribution is 2.19. The molecule has 0 atom stereocenters. The maximum atomic E-state index is 11.6. The Hall–Kier alpha value is -1.69. The van der Waals surface area contributed by atoms with Crippen LogP contribution >= 0.6 is 0 Å². The first-order chi connectivity index (χ1) is 9.69. The van der Waals surface area contributed by atoms with Gasteiger partial charge in [-0.1, -0.05) is 6.92 Å². The Bertz CT molecular complexity index is 430. The van der Waals surface area contributed by atoms with Gasteiger partial charge in [-0.25, -0.2) is 9.97 Å². The molecule has 6 nitrogen and oxygen atoms in total. The normalized spacial score (nSPS) is 14.1. The van der Waals surface area contributed by atoms with Gasteiger partial charge in [0.1, 0.15) is 0 Å². The first-order valence-electron chi connectivity index (χ1n) is 7.21. The van der Waals surface area contributed by atoms with Crippen molar-refractivity contribution in [1.82, 2.24) is 20.6 Å². The molecular formula is C14H23N5O. The van der Waals surface area contributed by atoms with Crippen LogP contribution in [0.25, 0.3) is 0 Å². The van der Waals surface area contributed by atoms with Gasteiger partial charge in [0, 0.05) is 44.1 Å². The van der Waals surface area contributed by atoms with Crippen molar-refractivity contribution in [2.75, 3.05) is 25.0 Å². The Labute approximate surface area is 120 Å². The van der Waals surface area contributed by atoms with Crippen LogP contribution in [0, 0.1) is 0 Å². The summed E-state index contributed by atoms with van der Waals surface area (Å²) in [5.74, 6) is 0.573. The van der Waals surface area contributed by atoms with E-state index in [0.29, 0.717) is 18.5 Å². The van der Waals surface area contributed by atoms with Crippen molar-refractivity contribution in [3.63, 3.8) is 0 Å². The number of hydrogen-bond donors (Lipinski definition) is 2. The molecule has 1 amide bonds. The minimum Gasteiger partial charge on any atom is -0.355 e. The lowest BCUT2D eigenvalue weighted by molar-refractivity contribution is -0.119. The number of nitrogens with one attached hydrogen (secondary N) is 2. The van der Waals surface area contributed by atoms with Crippen LogP contribution in [0.5, 0.6) is 0 Å². The summed E-state index contributed by atoms with van der Waals surface area (Å²) in [6.07, 6.45) is 7.12. The van der Waals surface area contributed by atoms with Crippen LogP contribution in [-0.4, -0.2) is 42.1 Å². The molecule has 1 aromatic heterocycles. The van der Waals surface area contributed by atoms with Gasteiger partial charge in [0.25, 0.3) is 0 Å². The van der Waals surface area contributed by atoms with Crippen LogP contribution in [0.2, 0.25) is 0 Å². The van der Waals surface area contributed by atoms with E-state index in [4.69, 9.17) is 0 Å². The number of hydrogen-bond acceptors (Lipinski definition) is 5. The molecule has 1 aliphatic carbocycles. The van der Waals surface area contributed by atoms with Crippen LogP contribution in [0.3, 0.4) is 0 Å². The molecule has 2 rings (SSSR count). The van der Waals surface area contributed by atoms with Crippen molar-refractivity contribution >= 4 is 11.9 Å². The van der Waals surface area contributed by atoms with Crippen LogP contribution in [0.4, 0.5) is 5.95 Å². The third-order valence-electron chi connectivity index (χ3n) is 3.16. The number of anilines is 1. The van der Waals surface area contributed by atoms with E-state index in [2.05, 4.69) is 20.6 Å². The standard InChI is InChI=1S/C14H23N5O/c1-3-6-15-13(20)10-19(2)14-17-8-11(9-18-14)7-16-12-4-5-12/h8-9,12,16H,3-7,10H2,1-2H3,(H,15,20). The first kappa shape index (κ1) is 14.7. The molecule has 1 saturated carbocycles. The Kier molecular flexibility index (Phi) is 5.29. The summed E-state index contributed by atoms with van der Waals surface area (Å²) < 4.78 is 0. The van der Waals surface area contributed by atoms with Crippen LogP contribution < -0.4 is 15.5 Å². The SMILES string of the molecule is CCCNC(=O)CN(C)c1ncc(CNC2CC2)cn1. The van der Waals surface area contributed by atoms with Crippen LogP contribution in [-0.2, 0) is 11.3 Å². The minimum atomic E-state index is -0.00238. The van der Waals surface area contributed by atoms with Gasteiger partial charge >= 0.3 is 0 Å². The van der Waals surface area contributed by atoms with Gasteiger partial charge in [-0.3, -0.25) is 4.79 Å². The van der Waals surface area contributed by atoms with E-state index in [-0.39, 0.29) is 12.5 Å². The zero-order valence-corrected chi connectivity index (χ0v) is 12.2. The quantitative estimate of drug-likeness (QED) is 0.731. The zero-order valence-electron chi connectivity index (χ0n) is 12.2. The largest absolute Gasteiger partial charge is 0.355 e. The maximum Gasteiger partial charge on any atom is 0.239 e. The smallest absolute Gasteiger partial charge is 0.239 e. The van der Waals surface area contributed by atoms with Crippen molar-refractivity contribution in [2.24, 2.45) is 0 Å². The molecule has 6 heteroatoms. The molecular weight excluding hydrogens is 254 g/mol. The van der Waals surface area contributed by atoms with Crippen LogP contribution in [0.1, 0.15) is 31.7 Å². The summed E-state index contributed by atoms with van der Waals surface area (Å²) in [4.78, 5) is 22.0. The Morgan fingerprint density at radius 3 is 2.70 bits per heavy atom. The van der Waals surface area contributed by atoms with Gasteiger partial charge < -0.3 is 15.5 Å². The predicted octanol–water partition coefficient (Wildman–Crippen LogP) is 0.691. The maximum absolute atomic E-state index is 11.6. The van der Waals surface area contributed by atoms with E-state index in [1.165, 1.54) is 12.8 Å². The fourth-order valence-corrected chi connectivity index (χ4v) is 1.79. The van der Waals surface area contributed by atoms with Gasteiger partial charge in [0.2, 0.25) is 11.9 Å². The monoisotopic (exact) mass is 277 g/mol. The van der Waals surface area contributed by atoms with Gasteiger partial charge in [0.15, 0.2) is 0 Å². The van der Waals surface area contributed by atoms with Crippen molar-refractivity contribution < 1.29 is 4.79 Å². The van der Waals surface area contributed by atoms with E-state index in [1.807, 2.05) is 26.4 Å². The highest BCUT2D eigenvalue weighted by molar-refractivity contribution is 5.80. The summed E-state index contributed by atoms with van der Waals surface area (Å²) >= 11 is 0. The average molecular weight is 277 g/mol. The van der Waals surface area contributed by atoms with E-state index in [1.54, 1.807) is 4.90 Å². The summed E-state index contributed by atoms with van der Waals surface area (Å²) in [5, 5.41) is 6.26. The third-order valence-corrected chi connectivity index (χ3v) is 3.16. The zero-order chi connectivity index (χ0) is 14.4. The fourth-order valence-electron chi connectivity index (χ4n) is 1.79. The van der Waals surface area contributed by atoms with E-state index >= 15 is 0 Å². The molecule has 2 N–H and O–H groups in total. The molecule has 20 heavy (non-hydrogen) atoms. The molecule has 1 aromatic rings. The number of amides is 1. The fraction of sp³-hybridized carbons (Fsp3) is 0.643. The number of aromatic nitrogens is 2. The van der Waals surface area contributed by atoms with Crippen molar-refractivity contribution in [3.8, 4) is 0 Å². The second-order valence-corrected chi connectivity index (χ2v) is 5.25. The molecule has 1 heterocycles. The average Bonchev–Trinajstić information content (AvgIpc) is 3.27. The Morgan fingerprint density at radius 1 is 1.40 bits per heavy atom. The molecule has 0 bridgehead atoms. The van der Waals surface area contributed by atoms with Crippen molar-refractivity contribution in [2.45, 2.75) is 38.8 Å². The number of carbonyl (C=O) groups excluding carboxylic acids is 1. The molecule has 1 aliphatic rings. The molecule has 0 unspecified atom stereocenters.